The van der Waals surface area contributed by atoms with Crippen molar-refractivity contribution in [3.05, 3.63) is 132 Å². The van der Waals surface area contributed by atoms with Gasteiger partial charge in [0.25, 0.3) is 5.79 Å². The predicted octanol–water partition coefficient (Wildman–Crippen LogP) is 4.01. The summed E-state index contributed by atoms with van der Waals surface area (Å²) in [6, 6.07) is 27.3. The maximum Gasteiger partial charge on any atom is 0.366 e. The van der Waals surface area contributed by atoms with Gasteiger partial charge in [-0.05, 0) is 60.7 Å². The lowest BCUT2D eigenvalue weighted by Gasteiger charge is -2.51. The van der Waals surface area contributed by atoms with E-state index in [-0.39, 0.29) is 22.4 Å². The van der Waals surface area contributed by atoms with Gasteiger partial charge in [0.05, 0.1) is 43.4 Å². The van der Waals surface area contributed by atoms with Crippen LogP contribution in [0.3, 0.4) is 0 Å². The number of esters is 8. The summed E-state index contributed by atoms with van der Waals surface area (Å²) in [6.07, 6.45) is -18.0. The normalized spacial score (nSPS) is 23.4. The molecule has 4 aromatic rings. The van der Waals surface area contributed by atoms with Gasteiger partial charge in [-0.1, -0.05) is 54.6 Å². The van der Waals surface area contributed by atoms with Crippen LogP contribution in [0.15, 0.2) is 115 Å². The van der Waals surface area contributed by atoms with Crippen molar-refractivity contribution in [2.75, 3.05) is 27.4 Å². The molecule has 2 saturated heterocycles. The molecule has 0 saturated carbocycles. The average molecular weight is 1070 g/mol. The number of hydrogen-bond acceptors (Lipinski definition) is 22. The molecular formula is C54H57NO22. The zero-order valence-electron chi connectivity index (χ0n) is 42.8. The summed E-state index contributed by atoms with van der Waals surface area (Å²) < 4.78 is 77.7. The lowest BCUT2D eigenvalue weighted by molar-refractivity contribution is -0.362. The molecule has 0 aliphatic carbocycles. The van der Waals surface area contributed by atoms with Crippen molar-refractivity contribution in [3.8, 4) is 11.5 Å². The smallest absolute Gasteiger partial charge is 0.366 e. The molecule has 0 spiro atoms. The molecule has 2 aliphatic rings. The maximum absolute atomic E-state index is 14.9. The molecule has 2 heterocycles. The molecule has 2 fully saturated rings. The van der Waals surface area contributed by atoms with E-state index in [1.54, 1.807) is 42.5 Å². The first-order chi connectivity index (χ1) is 36.8. The summed E-state index contributed by atoms with van der Waals surface area (Å²) >= 11 is 0. The third-order valence-corrected chi connectivity index (χ3v) is 11.6. The Morgan fingerprint density at radius 1 is 0.597 bits per heavy atom. The zero-order valence-corrected chi connectivity index (χ0v) is 42.8. The lowest BCUT2D eigenvalue weighted by atomic mass is 9.87. The SMILES string of the molecule is COC(=O)[C@@]1(OC2[C@@H](OC(=O)c3ccccc3)C(COC(=O)c3ccccc3)O[C@@H](Oc3ccc(OC)cc3)[C@H]2OC(=O)c2ccccc2)C[C@@H](OC(C)=O)[C@@H](NC(C)=O)C([C@H](OC(C)=O)[C@@H](COC(C)=O)OC(C)=O)O1. The summed E-state index contributed by atoms with van der Waals surface area (Å²) in [7, 11) is 2.35. The Morgan fingerprint density at radius 2 is 1.13 bits per heavy atom. The molecular weight excluding hydrogens is 1010 g/mol. The highest BCUT2D eigenvalue weighted by molar-refractivity contribution is 5.91. The molecule has 6 rings (SSSR count). The number of methoxy groups -OCH3 is 2. The molecule has 0 aromatic heterocycles. The highest BCUT2D eigenvalue weighted by atomic mass is 16.8. The van der Waals surface area contributed by atoms with Crippen molar-refractivity contribution >= 4 is 53.7 Å². The van der Waals surface area contributed by atoms with Crippen molar-refractivity contribution in [2.24, 2.45) is 0 Å². The van der Waals surface area contributed by atoms with Crippen LogP contribution in [0.2, 0.25) is 0 Å². The molecule has 23 nitrogen and oxygen atoms in total. The molecule has 11 atom stereocenters. The summed E-state index contributed by atoms with van der Waals surface area (Å²) in [4.78, 5) is 122. The number of hydrogen-bond donors (Lipinski definition) is 1. The van der Waals surface area contributed by atoms with E-state index < -0.39 is 140 Å². The number of nitrogens with one attached hydrogen (secondary N) is 1. The number of benzene rings is 4. The quantitative estimate of drug-likeness (QED) is 0.0911. The Kier molecular flexibility index (Phi) is 20.2. The van der Waals surface area contributed by atoms with Crippen LogP contribution in [0.5, 0.6) is 11.5 Å². The van der Waals surface area contributed by atoms with Gasteiger partial charge in [0.15, 0.2) is 24.4 Å². The number of rotatable bonds is 21. The minimum absolute atomic E-state index is 0.0237. The van der Waals surface area contributed by atoms with Crippen molar-refractivity contribution in [2.45, 2.75) is 108 Å². The molecule has 0 radical (unpaired) electrons. The Bertz CT molecular complexity index is 2710. The van der Waals surface area contributed by atoms with E-state index >= 15 is 0 Å². The Labute approximate surface area is 441 Å². The van der Waals surface area contributed by atoms with Gasteiger partial charge in [-0.2, -0.15) is 0 Å². The fourth-order valence-corrected chi connectivity index (χ4v) is 8.38. The third kappa shape index (κ3) is 15.6. The molecule has 0 bridgehead atoms. The molecule has 2 aliphatic heterocycles. The van der Waals surface area contributed by atoms with E-state index in [0.29, 0.717) is 5.75 Å². The monoisotopic (exact) mass is 1070 g/mol. The summed E-state index contributed by atoms with van der Waals surface area (Å²) in [5.41, 5.74) is 0.0534. The van der Waals surface area contributed by atoms with E-state index in [2.05, 4.69) is 5.32 Å². The molecule has 3 unspecified atom stereocenters. The predicted molar refractivity (Wildman–Crippen MR) is 260 cm³/mol. The second-order valence-electron chi connectivity index (χ2n) is 17.3. The first kappa shape index (κ1) is 57.9. The second-order valence-corrected chi connectivity index (χ2v) is 17.3. The molecule has 77 heavy (non-hydrogen) atoms. The average Bonchev–Trinajstić information content (AvgIpc) is 3.41. The highest BCUT2D eigenvalue weighted by Gasteiger charge is 2.63. The molecule has 410 valence electrons. The van der Waals surface area contributed by atoms with Crippen LogP contribution in [0, 0.1) is 0 Å². The van der Waals surface area contributed by atoms with Gasteiger partial charge in [-0.25, -0.2) is 19.2 Å². The minimum atomic E-state index is -3.04. The van der Waals surface area contributed by atoms with Crippen LogP contribution >= 0.6 is 0 Å². The number of amides is 1. The van der Waals surface area contributed by atoms with E-state index in [1.165, 1.54) is 79.9 Å². The minimum Gasteiger partial charge on any atom is -0.497 e. The van der Waals surface area contributed by atoms with E-state index in [1.807, 2.05) is 0 Å². The summed E-state index contributed by atoms with van der Waals surface area (Å²) in [5, 5.41) is 2.58. The van der Waals surface area contributed by atoms with Crippen LogP contribution in [0.4, 0.5) is 0 Å². The van der Waals surface area contributed by atoms with Crippen LogP contribution in [0.1, 0.15) is 72.1 Å². The first-order valence-electron chi connectivity index (χ1n) is 23.9. The van der Waals surface area contributed by atoms with Gasteiger partial charge in [0, 0.05) is 34.6 Å². The van der Waals surface area contributed by atoms with Crippen LogP contribution in [-0.4, -0.2) is 148 Å². The van der Waals surface area contributed by atoms with Gasteiger partial charge < -0.3 is 66.9 Å². The zero-order chi connectivity index (χ0) is 55.8. The van der Waals surface area contributed by atoms with Crippen LogP contribution in [0.25, 0.3) is 0 Å². The fourth-order valence-electron chi connectivity index (χ4n) is 8.38. The van der Waals surface area contributed by atoms with Gasteiger partial charge >= 0.3 is 47.8 Å². The number of ether oxygens (including phenoxy) is 13. The topological polar surface area (TPSA) is 286 Å². The van der Waals surface area contributed by atoms with Crippen LogP contribution in [-0.2, 0) is 80.9 Å². The van der Waals surface area contributed by atoms with Crippen molar-refractivity contribution in [1.82, 2.24) is 5.32 Å². The summed E-state index contributed by atoms with van der Waals surface area (Å²) in [6.45, 7) is 3.49. The Hall–Kier alpha value is -8.41. The largest absolute Gasteiger partial charge is 0.497 e. The molecule has 4 aromatic carbocycles. The number of carbonyl (C=O) groups is 9. The van der Waals surface area contributed by atoms with E-state index in [9.17, 15) is 43.2 Å². The third-order valence-electron chi connectivity index (χ3n) is 11.6. The maximum atomic E-state index is 14.9. The number of carbonyl (C=O) groups excluding carboxylic acids is 9. The van der Waals surface area contributed by atoms with Crippen molar-refractivity contribution < 1.29 is 105 Å². The molecule has 1 amide bonds. The van der Waals surface area contributed by atoms with Gasteiger partial charge in [-0.3, -0.25) is 24.0 Å². The Balaban J connectivity index is 1.62. The van der Waals surface area contributed by atoms with Crippen molar-refractivity contribution in [3.63, 3.8) is 0 Å². The second kappa shape index (κ2) is 26.9. The van der Waals surface area contributed by atoms with Gasteiger partial charge in [0.1, 0.15) is 49.1 Å². The standard InChI is InChI=1S/C54H57NO22/c1-30(56)55-43-40(69-32(3)58)27-54(53(64)66-7,76-46(43)44(71-34(5)60)41(70-33(4)59)28-67-31(2)57)77-47-45(74-50(62)36-19-13-9-14-20-36)42(29-68-49(61)35-17-11-8-12-18-35)73-52(72-39-25-23-38(65-6)24-26-39)48(47)75-51(63)37-21-15-10-16-22-37/h8-26,40-48,52H,27-29H2,1-7H3,(H,55,56)/t40-,41-,42?,43-,44-,45+,46?,47?,48+,52-,54+/m1/s1. The van der Waals surface area contributed by atoms with E-state index in [0.717, 1.165) is 41.7 Å². The summed E-state index contributed by atoms with van der Waals surface area (Å²) in [5.74, 6) is -11.6. The Morgan fingerprint density at radius 3 is 1.62 bits per heavy atom. The fraction of sp³-hybridized carbons (Fsp3) is 0.389. The van der Waals surface area contributed by atoms with Crippen molar-refractivity contribution in [1.29, 1.82) is 0 Å². The lowest BCUT2D eigenvalue weighted by Crippen LogP contribution is -2.72. The highest BCUT2D eigenvalue weighted by Crippen LogP contribution is 2.42. The van der Waals surface area contributed by atoms with Gasteiger partial charge in [0.2, 0.25) is 12.2 Å². The molecule has 23 heteroatoms. The van der Waals surface area contributed by atoms with Crippen LogP contribution < -0.4 is 14.8 Å². The van der Waals surface area contributed by atoms with Gasteiger partial charge in [-0.15, -0.1) is 0 Å². The van der Waals surface area contributed by atoms with E-state index in [4.69, 9.17) is 61.6 Å². The molecule has 1 N–H and O–H groups in total. The first-order valence-corrected chi connectivity index (χ1v) is 23.9.